The van der Waals surface area contributed by atoms with Crippen LogP contribution in [-0.2, 0) is 23.8 Å². The molecule has 0 aromatic heterocycles. The fourth-order valence-electron chi connectivity index (χ4n) is 5.05. The van der Waals surface area contributed by atoms with Crippen molar-refractivity contribution >= 4 is 11.9 Å². The highest BCUT2D eigenvalue weighted by Crippen LogP contribution is 2.36. The maximum atomic E-state index is 12.6. The summed E-state index contributed by atoms with van der Waals surface area (Å²) in [4.78, 5) is 24.3. The summed E-state index contributed by atoms with van der Waals surface area (Å²) >= 11 is 0. The summed E-state index contributed by atoms with van der Waals surface area (Å²) in [7, 11) is 0. The minimum Gasteiger partial charge on any atom is -0.457 e. The van der Waals surface area contributed by atoms with Crippen LogP contribution in [0.2, 0.25) is 0 Å². The van der Waals surface area contributed by atoms with Gasteiger partial charge in [0.15, 0.2) is 6.10 Å². The van der Waals surface area contributed by atoms with Crippen LogP contribution in [0.1, 0.15) is 67.7 Å². The predicted octanol–water partition coefficient (Wildman–Crippen LogP) is 1.96. The summed E-state index contributed by atoms with van der Waals surface area (Å²) in [5.74, 6) is -1.68. The van der Waals surface area contributed by atoms with Crippen molar-refractivity contribution in [3.63, 3.8) is 0 Å². The normalized spacial score (nSPS) is 37.0. The van der Waals surface area contributed by atoms with Gasteiger partial charge in [-0.15, -0.1) is 0 Å². The molecule has 0 spiro atoms. The van der Waals surface area contributed by atoms with Gasteiger partial charge in [0.2, 0.25) is 0 Å². The summed E-state index contributed by atoms with van der Waals surface area (Å²) < 4.78 is 16.7. The fourth-order valence-corrected chi connectivity index (χ4v) is 5.05. The van der Waals surface area contributed by atoms with Crippen LogP contribution in [-0.4, -0.2) is 91.9 Å². The Balaban J connectivity index is 2.15. The van der Waals surface area contributed by atoms with Crippen LogP contribution in [0.4, 0.5) is 0 Å². The maximum Gasteiger partial charge on any atom is 0.309 e. The molecule has 12 atom stereocenters. The summed E-state index contributed by atoms with van der Waals surface area (Å²) in [6.45, 7) is 11.6. The molecular weight excluding hydrogens is 520 g/mol. The zero-order valence-electron chi connectivity index (χ0n) is 24.6. The van der Waals surface area contributed by atoms with Gasteiger partial charge in [0.1, 0.15) is 11.7 Å². The first kappa shape index (κ1) is 34.1. The number of carbonyl (C=O) groups excluding carboxylic acids is 2. The molecule has 0 aromatic carbocycles. The van der Waals surface area contributed by atoms with Crippen LogP contribution in [0.5, 0.6) is 0 Å². The number of esters is 2. The molecule has 12 unspecified atom stereocenters. The van der Waals surface area contributed by atoms with Crippen LogP contribution in [0.25, 0.3) is 0 Å². The van der Waals surface area contributed by atoms with Gasteiger partial charge in [0, 0.05) is 25.2 Å². The van der Waals surface area contributed by atoms with Gasteiger partial charge in [-0.1, -0.05) is 45.1 Å². The monoisotopic (exact) mass is 568 g/mol. The van der Waals surface area contributed by atoms with Gasteiger partial charge in [0.05, 0.1) is 43.0 Å². The Kier molecular flexibility index (Phi) is 12.5. The van der Waals surface area contributed by atoms with Crippen molar-refractivity contribution in [1.29, 1.82) is 0 Å². The smallest absolute Gasteiger partial charge is 0.309 e. The van der Waals surface area contributed by atoms with E-state index in [9.17, 15) is 35.1 Å². The van der Waals surface area contributed by atoms with E-state index in [1.54, 1.807) is 13.0 Å². The molecule has 2 rings (SSSR count). The topological polar surface area (TPSA) is 166 Å². The number of cyclic esters (lactones) is 1. The third-order valence-electron chi connectivity index (χ3n) is 7.79. The molecule has 0 aromatic rings. The molecule has 228 valence electrons. The number of aliphatic hydroxyl groups excluding tert-OH is 4. The molecule has 40 heavy (non-hydrogen) atoms. The van der Waals surface area contributed by atoms with Gasteiger partial charge in [-0.2, -0.15) is 0 Å². The molecule has 10 nitrogen and oxygen atoms in total. The molecule has 0 radical (unpaired) electrons. The first-order chi connectivity index (χ1) is 18.5. The second kappa shape index (κ2) is 14.7. The third-order valence-corrected chi connectivity index (χ3v) is 7.79. The van der Waals surface area contributed by atoms with Crippen molar-refractivity contribution < 1.29 is 49.3 Å². The Hall–Kier alpha value is -2.08. The largest absolute Gasteiger partial charge is 0.457 e. The lowest BCUT2D eigenvalue weighted by atomic mass is 9.86. The van der Waals surface area contributed by atoms with Crippen LogP contribution < -0.4 is 0 Å². The highest BCUT2D eigenvalue weighted by Gasteiger charge is 2.46. The molecule has 0 aliphatic carbocycles. The van der Waals surface area contributed by atoms with Gasteiger partial charge < -0.3 is 39.7 Å². The molecular formula is C30H48O10. The van der Waals surface area contributed by atoms with E-state index in [1.807, 2.05) is 45.9 Å². The molecule has 2 aliphatic heterocycles. The van der Waals surface area contributed by atoms with Crippen LogP contribution in [0.3, 0.4) is 0 Å². The van der Waals surface area contributed by atoms with Gasteiger partial charge in [-0.25, -0.2) is 0 Å². The average molecular weight is 569 g/mol. The number of epoxide rings is 1. The zero-order valence-corrected chi connectivity index (χ0v) is 24.6. The Morgan fingerprint density at radius 2 is 1.85 bits per heavy atom. The number of carbonyl (C=O) groups is 2. The summed E-state index contributed by atoms with van der Waals surface area (Å²) in [6.07, 6.45) is 2.59. The first-order valence-corrected chi connectivity index (χ1v) is 14.0. The second-order valence-electron chi connectivity index (χ2n) is 11.8. The van der Waals surface area contributed by atoms with Crippen LogP contribution >= 0.6 is 0 Å². The Morgan fingerprint density at radius 1 is 1.20 bits per heavy atom. The van der Waals surface area contributed by atoms with E-state index in [1.165, 1.54) is 19.9 Å². The van der Waals surface area contributed by atoms with E-state index < -0.39 is 60.1 Å². The van der Waals surface area contributed by atoms with Crippen molar-refractivity contribution in [3.8, 4) is 0 Å². The number of ether oxygens (including phenoxy) is 3. The second-order valence-corrected chi connectivity index (χ2v) is 11.8. The standard InChI is InChI=1S/C30H48O10/c1-16(13-23-29(39-23)19(4)27(36)20(5)31)9-8-10-17(2)28-18(3)11-12-25(38-21(6)32)30(7,37)24(34)14-22(33)15-26(35)40-28/h8-12,16,18-20,22-25,27-29,31,33-34,36-37H,13-15H2,1-7H3. The fraction of sp³-hybridized carbons (Fsp3) is 0.733. The van der Waals surface area contributed by atoms with Crippen molar-refractivity contribution in [2.45, 2.75) is 122 Å². The van der Waals surface area contributed by atoms with Crippen molar-refractivity contribution in [2.24, 2.45) is 17.8 Å². The molecule has 2 aliphatic rings. The lowest BCUT2D eigenvalue weighted by Crippen LogP contribution is -2.52. The van der Waals surface area contributed by atoms with Gasteiger partial charge in [-0.3, -0.25) is 9.59 Å². The lowest BCUT2D eigenvalue weighted by molar-refractivity contribution is -0.172. The van der Waals surface area contributed by atoms with Crippen molar-refractivity contribution in [3.05, 3.63) is 36.0 Å². The van der Waals surface area contributed by atoms with E-state index in [0.717, 1.165) is 12.0 Å². The molecule has 1 saturated heterocycles. The summed E-state index contributed by atoms with van der Waals surface area (Å²) in [5.41, 5.74) is -1.16. The van der Waals surface area contributed by atoms with E-state index in [-0.39, 0.29) is 36.9 Å². The van der Waals surface area contributed by atoms with E-state index in [2.05, 4.69) is 0 Å². The van der Waals surface area contributed by atoms with Crippen LogP contribution in [0.15, 0.2) is 36.0 Å². The highest BCUT2D eigenvalue weighted by molar-refractivity contribution is 5.70. The molecule has 0 amide bonds. The summed E-state index contributed by atoms with van der Waals surface area (Å²) in [5, 5.41) is 51.5. The number of aliphatic hydroxyl groups is 5. The van der Waals surface area contributed by atoms with E-state index in [0.29, 0.717) is 0 Å². The van der Waals surface area contributed by atoms with Gasteiger partial charge >= 0.3 is 11.9 Å². The molecule has 2 heterocycles. The molecule has 0 saturated carbocycles. The number of allylic oxidation sites excluding steroid dienone is 3. The molecule has 10 heteroatoms. The number of rotatable bonds is 9. The maximum absolute atomic E-state index is 12.6. The SMILES string of the molecule is CC(=O)OC1C=CC(C)C(C(C)=CC=CC(C)CC2OC2C(C)C(O)C(C)O)OC(=O)CC(O)CC(O)C1(C)O. The zero-order chi connectivity index (χ0) is 30.4. The Morgan fingerprint density at radius 3 is 2.45 bits per heavy atom. The average Bonchev–Trinajstić information content (AvgIpc) is 3.61. The van der Waals surface area contributed by atoms with Crippen LogP contribution in [0, 0.1) is 17.8 Å². The quantitative estimate of drug-likeness (QED) is 0.120. The molecule has 5 N–H and O–H groups in total. The first-order valence-electron chi connectivity index (χ1n) is 14.0. The summed E-state index contributed by atoms with van der Waals surface area (Å²) in [6, 6.07) is 0. The number of hydrogen-bond donors (Lipinski definition) is 5. The Labute approximate surface area is 237 Å². The highest BCUT2D eigenvalue weighted by atomic mass is 16.6. The minimum absolute atomic E-state index is 0.0119. The van der Waals surface area contributed by atoms with E-state index >= 15 is 0 Å². The number of hydrogen-bond acceptors (Lipinski definition) is 10. The van der Waals surface area contributed by atoms with E-state index in [4.69, 9.17) is 14.2 Å². The van der Waals surface area contributed by atoms with Crippen molar-refractivity contribution in [1.82, 2.24) is 0 Å². The van der Waals surface area contributed by atoms with Gasteiger partial charge in [-0.05, 0) is 44.8 Å². The lowest BCUT2D eigenvalue weighted by Gasteiger charge is -2.36. The predicted molar refractivity (Wildman–Crippen MR) is 148 cm³/mol. The Bertz CT molecular complexity index is 939. The third kappa shape index (κ3) is 9.78. The molecule has 0 bridgehead atoms. The molecule has 1 fully saturated rings. The minimum atomic E-state index is -1.90. The van der Waals surface area contributed by atoms with Crippen molar-refractivity contribution in [2.75, 3.05) is 0 Å². The van der Waals surface area contributed by atoms with Gasteiger partial charge in [0.25, 0.3) is 0 Å².